The molecule has 4 aromatic rings. The monoisotopic (exact) mass is 424 g/mol. The van der Waals surface area contributed by atoms with Crippen LogP contribution in [0.15, 0.2) is 53.9 Å². The highest BCUT2D eigenvalue weighted by Crippen LogP contribution is 2.40. The molecule has 1 aliphatic rings. The highest BCUT2D eigenvalue weighted by atomic mass is 32.2. The number of pyridine rings is 1. The molecule has 0 saturated heterocycles. The van der Waals surface area contributed by atoms with Gasteiger partial charge in [0, 0.05) is 18.6 Å². The quantitative estimate of drug-likeness (QED) is 0.510. The lowest BCUT2D eigenvalue weighted by atomic mass is 10.2. The number of ether oxygens (including phenoxy) is 1. The maximum absolute atomic E-state index is 13.4. The zero-order chi connectivity index (χ0) is 20.9. The number of aromatic nitrogens is 5. The Morgan fingerprint density at radius 3 is 2.83 bits per heavy atom. The van der Waals surface area contributed by atoms with Crippen molar-refractivity contribution < 1.29 is 13.2 Å². The van der Waals surface area contributed by atoms with E-state index in [2.05, 4.69) is 20.3 Å². The van der Waals surface area contributed by atoms with Crippen LogP contribution in [0.4, 0.5) is 5.69 Å². The van der Waals surface area contributed by atoms with Crippen molar-refractivity contribution >= 4 is 26.6 Å². The van der Waals surface area contributed by atoms with Crippen LogP contribution in [0.25, 0.3) is 16.7 Å². The second-order valence-electron chi connectivity index (χ2n) is 7.27. The van der Waals surface area contributed by atoms with Gasteiger partial charge in [0.05, 0.1) is 31.2 Å². The summed E-state index contributed by atoms with van der Waals surface area (Å²) in [6.45, 7) is 0. The summed E-state index contributed by atoms with van der Waals surface area (Å²) in [5.74, 6) is 1.58. The van der Waals surface area contributed by atoms with Crippen molar-refractivity contribution in [3.05, 3.63) is 54.6 Å². The molecule has 1 aliphatic carbocycles. The molecule has 0 atom stereocenters. The third-order valence-electron chi connectivity index (χ3n) is 5.36. The van der Waals surface area contributed by atoms with Crippen LogP contribution in [-0.4, -0.2) is 47.5 Å². The Morgan fingerprint density at radius 2 is 2.07 bits per heavy atom. The number of hydrogen-bond acceptors (Lipinski definition) is 6. The van der Waals surface area contributed by atoms with E-state index in [1.165, 1.54) is 53.9 Å². The lowest BCUT2D eigenvalue weighted by molar-refractivity contribution is 0.416. The minimum absolute atomic E-state index is 0.0576. The van der Waals surface area contributed by atoms with Crippen LogP contribution in [0.3, 0.4) is 0 Å². The Kier molecular flexibility index (Phi) is 4.24. The summed E-state index contributed by atoms with van der Waals surface area (Å²) in [6.07, 6.45) is 8.52. The SMILES string of the molecule is COc1ccc2cn[nH]c2c1N(C)S(=O)(=O)c1cnn(-c2cc(C3CC3)ccn2)c1. The Balaban J connectivity index is 1.53. The highest BCUT2D eigenvalue weighted by molar-refractivity contribution is 7.92. The number of nitrogens with one attached hydrogen (secondary N) is 1. The van der Waals surface area contributed by atoms with Crippen LogP contribution >= 0.6 is 0 Å². The van der Waals surface area contributed by atoms with Crippen molar-refractivity contribution in [2.24, 2.45) is 0 Å². The molecule has 3 heterocycles. The highest BCUT2D eigenvalue weighted by Gasteiger charge is 2.28. The summed E-state index contributed by atoms with van der Waals surface area (Å²) < 4.78 is 34.8. The Morgan fingerprint density at radius 1 is 1.23 bits per heavy atom. The fraction of sp³-hybridized carbons (Fsp3) is 0.250. The van der Waals surface area contributed by atoms with Crippen LogP contribution in [-0.2, 0) is 10.0 Å². The van der Waals surface area contributed by atoms with E-state index >= 15 is 0 Å². The van der Waals surface area contributed by atoms with Gasteiger partial charge in [-0.05, 0) is 48.6 Å². The zero-order valence-electron chi connectivity index (χ0n) is 16.5. The predicted octanol–water partition coefficient (Wildman–Crippen LogP) is 2.85. The molecule has 0 amide bonds. The van der Waals surface area contributed by atoms with Gasteiger partial charge in [0.2, 0.25) is 0 Å². The number of rotatable bonds is 6. The van der Waals surface area contributed by atoms with Crippen LogP contribution in [0.2, 0.25) is 0 Å². The van der Waals surface area contributed by atoms with Gasteiger partial charge in [0.15, 0.2) is 5.82 Å². The molecule has 1 N–H and O–H groups in total. The number of methoxy groups -OCH3 is 1. The molecule has 1 fully saturated rings. The molecule has 0 spiro atoms. The number of hydrogen-bond donors (Lipinski definition) is 1. The fourth-order valence-electron chi connectivity index (χ4n) is 3.53. The molecule has 154 valence electrons. The van der Waals surface area contributed by atoms with Gasteiger partial charge < -0.3 is 4.74 Å². The Labute approximate surface area is 173 Å². The van der Waals surface area contributed by atoms with E-state index in [4.69, 9.17) is 4.74 Å². The standard InChI is InChI=1S/C20H20N6O3S/c1-25(20-17(29-2)6-5-15-10-22-24-19(15)20)30(27,28)16-11-23-26(12-16)18-9-14(7-8-21-18)13-3-4-13/h5-13H,3-4H2,1-2H3,(H,22,24). The van der Waals surface area contributed by atoms with E-state index in [-0.39, 0.29) is 4.90 Å². The van der Waals surface area contributed by atoms with Crippen molar-refractivity contribution in [3.8, 4) is 11.6 Å². The molecule has 0 unspecified atom stereocenters. The number of fused-ring (bicyclic) bond motifs is 1. The van der Waals surface area contributed by atoms with E-state index in [1.54, 1.807) is 18.5 Å². The fourth-order valence-corrected chi connectivity index (χ4v) is 4.68. The smallest absolute Gasteiger partial charge is 0.267 e. The van der Waals surface area contributed by atoms with Crippen molar-refractivity contribution in [3.63, 3.8) is 0 Å². The Hall–Kier alpha value is -3.40. The molecule has 30 heavy (non-hydrogen) atoms. The third-order valence-corrected chi connectivity index (χ3v) is 7.07. The first kappa shape index (κ1) is 18.6. The molecule has 0 radical (unpaired) electrons. The van der Waals surface area contributed by atoms with Gasteiger partial charge in [-0.1, -0.05) is 0 Å². The van der Waals surface area contributed by atoms with Gasteiger partial charge in [-0.2, -0.15) is 10.2 Å². The van der Waals surface area contributed by atoms with Gasteiger partial charge >= 0.3 is 0 Å². The topological polar surface area (TPSA) is 106 Å². The van der Waals surface area contributed by atoms with Gasteiger partial charge in [-0.25, -0.2) is 18.1 Å². The molecule has 9 nitrogen and oxygen atoms in total. The van der Waals surface area contributed by atoms with Gasteiger partial charge in [-0.15, -0.1) is 0 Å². The van der Waals surface area contributed by atoms with E-state index in [0.717, 1.165) is 5.39 Å². The average molecular weight is 424 g/mol. The number of sulfonamides is 1. The molecule has 1 saturated carbocycles. The van der Waals surface area contributed by atoms with Gasteiger partial charge in [-0.3, -0.25) is 9.40 Å². The van der Waals surface area contributed by atoms with Crippen LogP contribution < -0.4 is 9.04 Å². The molecule has 5 rings (SSSR count). The van der Waals surface area contributed by atoms with E-state index < -0.39 is 10.0 Å². The van der Waals surface area contributed by atoms with Crippen molar-refractivity contribution in [1.82, 2.24) is 25.0 Å². The summed E-state index contributed by atoms with van der Waals surface area (Å²) in [4.78, 5) is 4.40. The summed E-state index contributed by atoms with van der Waals surface area (Å²) in [6, 6.07) is 7.49. The first-order chi connectivity index (χ1) is 14.5. The molecular weight excluding hydrogens is 404 g/mol. The van der Waals surface area contributed by atoms with Crippen LogP contribution in [0.5, 0.6) is 5.75 Å². The van der Waals surface area contributed by atoms with Crippen molar-refractivity contribution in [2.75, 3.05) is 18.5 Å². The maximum atomic E-state index is 13.4. The van der Waals surface area contributed by atoms with Crippen LogP contribution in [0.1, 0.15) is 24.3 Å². The van der Waals surface area contributed by atoms with E-state index in [1.807, 2.05) is 18.2 Å². The molecule has 3 aromatic heterocycles. The number of benzene rings is 1. The second kappa shape index (κ2) is 6.84. The summed E-state index contributed by atoms with van der Waals surface area (Å²) in [5, 5.41) is 11.9. The predicted molar refractivity (Wildman–Crippen MR) is 112 cm³/mol. The lowest BCUT2D eigenvalue weighted by Gasteiger charge is -2.21. The van der Waals surface area contributed by atoms with E-state index in [9.17, 15) is 8.42 Å². The summed E-state index contributed by atoms with van der Waals surface area (Å²) in [5.41, 5.74) is 2.16. The first-order valence-electron chi connectivity index (χ1n) is 9.49. The normalized spacial score (nSPS) is 14.2. The van der Waals surface area contributed by atoms with Gasteiger partial charge in [0.25, 0.3) is 10.0 Å². The summed E-state index contributed by atoms with van der Waals surface area (Å²) in [7, 11) is -0.920. The number of aromatic amines is 1. The minimum Gasteiger partial charge on any atom is -0.494 e. The molecular formula is C20H20N6O3S. The second-order valence-corrected chi connectivity index (χ2v) is 9.23. The molecule has 0 bridgehead atoms. The third kappa shape index (κ3) is 3.00. The lowest BCUT2D eigenvalue weighted by Crippen LogP contribution is -2.27. The molecule has 0 aliphatic heterocycles. The van der Waals surface area contributed by atoms with E-state index in [0.29, 0.717) is 28.7 Å². The first-order valence-corrected chi connectivity index (χ1v) is 10.9. The maximum Gasteiger partial charge on any atom is 0.267 e. The zero-order valence-corrected chi connectivity index (χ0v) is 17.3. The van der Waals surface area contributed by atoms with Crippen molar-refractivity contribution in [1.29, 1.82) is 0 Å². The Bertz CT molecular complexity index is 1340. The largest absolute Gasteiger partial charge is 0.494 e. The summed E-state index contributed by atoms with van der Waals surface area (Å²) >= 11 is 0. The van der Waals surface area contributed by atoms with Gasteiger partial charge in [0.1, 0.15) is 16.3 Å². The van der Waals surface area contributed by atoms with Crippen molar-refractivity contribution in [2.45, 2.75) is 23.7 Å². The number of H-pyrrole nitrogens is 1. The number of anilines is 1. The average Bonchev–Trinajstić information content (AvgIpc) is 3.29. The molecule has 10 heteroatoms. The molecule has 1 aromatic carbocycles. The van der Waals surface area contributed by atoms with Crippen LogP contribution in [0, 0.1) is 0 Å². The number of nitrogens with zero attached hydrogens (tertiary/aromatic N) is 5. The minimum atomic E-state index is -3.90.